The number of esters is 1. The number of carbonyl (C=O) groups is 2. The van der Waals surface area contributed by atoms with E-state index in [1.54, 1.807) is 6.92 Å². The molecule has 4 atom stereocenters. The molecule has 1 unspecified atom stereocenters. The summed E-state index contributed by atoms with van der Waals surface area (Å²) in [6, 6.07) is 0. The highest BCUT2D eigenvalue weighted by molar-refractivity contribution is 5.84. The molecular formula is C25H36O5. The first-order valence-electron chi connectivity index (χ1n) is 11.0. The Hall–Kier alpha value is -1.98. The van der Waals surface area contributed by atoms with E-state index in [1.165, 1.54) is 19.1 Å². The number of hydrogen-bond donors (Lipinski definition) is 2. The molecule has 0 aromatic rings. The van der Waals surface area contributed by atoms with E-state index >= 15 is 0 Å². The van der Waals surface area contributed by atoms with Gasteiger partial charge in [0.2, 0.25) is 0 Å². The van der Waals surface area contributed by atoms with Gasteiger partial charge in [-0.15, -0.1) is 0 Å². The van der Waals surface area contributed by atoms with Gasteiger partial charge in [0.25, 0.3) is 0 Å². The maximum absolute atomic E-state index is 12.3. The quantitative estimate of drug-likeness (QED) is 0.389. The molecule has 2 N–H and O–H groups in total. The fraction of sp³-hybridized carbons (Fsp3) is 0.600. The van der Waals surface area contributed by atoms with Gasteiger partial charge in [-0.05, 0) is 51.9 Å². The number of methoxy groups -OCH3 is 1. The van der Waals surface area contributed by atoms with Crippen molar-refractivity contribution in [1.82, 2.24) is 0 Å². The highest BCUT2D eigenvalue weighted by Gasteiger charge is 2.39. The normalized spacial score (nSPS) is 26.7. The van der Waals surface area contributed by atoms with Crippen LogP contribution in [-0.2, 0) is 14.3 Å². The van der Waals surface area contributed by atoms with E-state index in [2.05, 4.69) is 10.8 Å². The zero-order chi connectivity index (χ0) is 22.0. The first kappa shape index (κ1) is 24.3. The molecule has 166 valence electrons. The third-order valence-electron chi connectivity index (χ3n) is 5.91. The number of hydrogen-bond acceptors (Lipinski definition) is 5. The summed E-state index contributed by atoms with van der Waals surface area (Å²) < 4.78 is 4.60. The second-order valence-corrected chi connectivity index (χ2v) is 8.58. The first-order valence-corrected chi connectivity index (χ1v) is 11.0. The number of ketones is 1. The summed E-state index contributed by atoms with van der Waals surface area (Å²) >= 11 is 0. The lowest BCUT2D eigenvalue weighted by Gasteiger charge is -2.19. The van der Waals surface area contributed by atoms with Crippen molar-refractivity contribution in [3.05, 3.63) is 48.1 Å². The molecule has 5 heteroatoms. The highest BCUT2D eigenvalue weighted by atomic mass is 16.5. The van der Waals surface area contributed by atoms with Crippen LogP contribution in [0.1, 0.15) is 64.7 Å². The maximum Gasteiger partial charge on any atom is 0.305 e. The summed E-state index contributed by atoms with van der Waals surface area (Å²) in [7, 11) is 1.37. The Balaban J connectivity index is 1.83. The third-order valence-corrected chi connectivity index (χ3v) is 5.91. The van der Waals surface area contributed by atoms with Crippen LogP contribution in [0.15, 0.2) is 48.1 Å². The van der Waals surface area contributed by atoms with Gasteiger partial charge in [0.1, 0.15) is 5.78 Å². The molecule has 0 saturated heterocycles. The van der Waals surface area contributed by atoms with E-state index in [0.717, 1.165) is 19.3 Å². The smallest absolute Gasteiger partial charge is 0.305 e. The number of ether oxygens (including phenoxy) is 1. The third kappa shape index (κ3) is 8.04. The van der Waals surface area contributed by atoms with Crippen LogP contribution in [0, 0.1) is 11.8 Å². The van der Waals surface area contributed by atoms with Crippen LogP contribution in [0.25, 0.3) is 0 Å². The lowest BCUT2D eigenvalue weighted by Crippen LogP contribution is -2.21. The zero-order valence-electron chi connectivity index (χ0n) is 18.3. The Bertz CT molecular complexity index is 698. The molecule has 0 radical (unpaired) electrons. The number of aliphatic hydroxyl groups is 2. The maximum atomic E-state index is 12.3. The fourth-order valence-electron chi connectivity index (χ4n) is 4.07. The number of carbonyl (C=O) groups excluding carboxylic acids is 2. The molecule has 0 bridgehead atoms. The van der Waals surface area contributed by atoms with Crippen molar-refractivity contribution in [2.45, 2.75) is 76.4 Å². The average molecular weight is 417 g/mol. The van der Waals surface area contributed by atoms with Gasteiger partial charge in [0.15, 0.2) is 0 Å². The van der Waals surface area contributed by atoms with Gasteiger partial charge in [-0.3, -0.25) is 9.59 Å². The minimum absolute atomic E-state index is 0.0972. The lowest BCUT2D eigenvalue weighted by molar-refractivity contribution is -0.140. The van der Waals surface area contributed by atoms with E-state index in [1.807, 2.05) is 36.5 Å². The number of allylic oxidation sites excluding steroid dienone is 5. The summed E-state index contributed by atoms with van der Waals surface area (Å²) in [5.74, 6) is -0.548. The Morgan fingerprint density at radius 1 is 1.30 bits per heavy atom. The molecule has 0 heterocycles. The number of aliphatic hydroxyl groups excluding tert-OH is 1. The Morgan fingerprint density at radius 2 is 2.07 bits per heavy atom. The monoisotopic (exact) mass is 416 g/mol. The molecular weight excluding hydrogens is 380 g/mol. The SMILES string of the molecule is COC(=O)CC/C=C/CC[C@H]1C(=O)C[C@@H](O)[C@@H]1C=CCC(C)(O)C=CC1=CCCC1. The topological polar surface area (TPSA) is 83.8 Å². The second-order valence-electron chi connectivity index (χ2n) is 8.58. The fourth-order valence-corrected chi connectivity index (χ4v) is 4.07. The summed E-state index contributed by atoms with van der Waals surface area (Å²) in [6.07, 6.45) is 19.4. The molecule has 30 heavy (non-hydrogen) atoms. The Labute approximate surface area is 180 Å². The van der Waals surface area contributed by atoms with Gasteiger partial charge < -0.3 is 14.9 Å². The van der Waals surface area contributed by atoms with Gasteiger partial charge >= 0.3 is 5.97 Å². The molecule has 2 aliphatic rings. The van der Waals surface area contributed by atoms with Crippen LogP contribution in [-0.4, -0.2) is 40.8 Å². The van der Waals surface area contributed by atoms with E-state index < -0.39 is 11.7 Å². The van der Waals surface area contributed by atoms with E-state index in [-0.39, 0.29) is 30.0 Å². The van der Waals surface area contributed by atoms with Gasteiger partial charge in [0, 0.05) is 24.7 Å². The standard InChI is InChI=1S/C25H36O5/c1-25(29,17-15-19-10-7-8-11-19)16-9-13-21-20(22(26)18-23(21)27)12-5-3-4-6-14-24(28)30-2/h3-4,9-10,13,15,17,20-21,23,27,29H,5-8,11-12,14,16,18H2,1-2H3/b4-3+,13-9?,17-15?/t20-,21-,23-,25?/m1/s1. The molecule has 0 amide bonds. The predicted molar refractivity (Wildman–Crippen MR) is 118 cm³/mol. The first-order chi connectivity index (χ1) is 14.3. The molecule has 0 aliphatic heterocycles. The highest BCUT2D eigenvalue weighted by Crippen LogP contribution is 2.34. The van der Waals surface area contributed by atoms with Crippen LogP contribution in [0.4, 0.5) is 0 Å². The summed E-state index contributed by atoms with van der Waals surface area (Å²) in [5, 5.41) is 20.9. The molecule has 0 spiro atoms. The lowest BCUT2D eigenvalue weighted by atomic mass is 9.88. The number of Topliss-reactive ketones (excluding diaryl/α,β-unsaturated/α-hetero) is 1. The van der Waals surface area contributed by atoms with Crippen molar-refractivity contribution < 1.29 is 24.5 Å². The van der Waals surface area contributed by atoms with Gasteiger partial charge in [0.05, 0.1) is 18.8 Å². The number of rotatable bonds is 11. The van der Waals surface area contributed by atoms with Crippen molar-refractivity contribution in [2.24, 2.45) is 11.8 Å². The van der Waals surface area contributed by atoms with Gasteiger partial charge in [-0.1, -0.05) is 48.1 Å². The van der Waals surface area contributed by atoms with Crippen molar-refractivity contribution in [1.29, 1.82) is 0 Å². The minimum atomic E-state index is -0.953. The van der Waals surface area contributed by atoms with Crippen molar-refractivity contribution in [3.63, 3.8) is 0 Å². The Morgan fingerprint density at radius 3 is 2.77 bits per heavy atom. The van der Waals surface area contributed by atoms with E-state index in [4.69, 9.17) is 0 Å². The van der Waals surface area contributed by atoms with Crippen LogP contribution in [0.3, 0.4) is 0 Å². The van der Waals surface area contributed by atoms with E-state index in [9.17, 15) is 19.8 Å². The molecule has 0 aromatic heterocycles. The summed E-state index contributed by atoms with van der Waals surface area (Å²) in [4.78, 5) is 23.4. The molecule has 5 nitrogen and oxygen atoms in total. The Kier molecular flexibility index (Phi) is 9.73. The van der Waals surface area contributed by atoms with Crippen LogP contribution in [0.5, 0.6) is 0 Å². The molecule has 2 aliphatic carbocycles. The van der Waals surface area contributed by atoms with Gasteiger partial charge in [-0.2, -0.15) is 0 Å². The molecule has 1 saturated carbocycles. The van der Waals surface area contributed by atoms with Crippen molar-refractivity contribution >= 4 is 11.8 Å². The zero-order valence-corrected chi connectivity index (χ0v) is 18.3. The summed E-state index contributed by atoms with van der Waals surface area (Å²) in [6.45, 7) is 1.77. The molecule has 2 rings (SSSR count). The minimum Gasteiger partial charge on any atom is -0.469 e. The largest absolute Gasteiger partial charge is 0.469 e. The van der Waals surface area contributed by atoms with Crippen molar-refractivity contribution in [3.8, 4) is 0 Å². The van der Waals surface area contributed by atoms with Crippen LogP contribution in [0.2, 0.25) is 0 Å². The second kappa shape index (κ2) is 12.0. The average Bonchev–Trinajstić information content (AvgIpc) is 3.31. The molecule has 0 aromatic carbocycles. The summed E-state index contributed by atoms with van der Waals surface area (Å²) in [5.41, 5.74) is 0.321. The van der Waals surface area contributed by atoms with E-state index in [0.29, 0.717) is 25.7 Å². The van der Waals surface area contributed by atoms with Gasteiger partial charge in [-0.25, -0.2) is 0 Å². The molecule has 1 fully saturated rings. The van der Waals surface area contributed by atoms with Crippen LogP contribution < -0.4 is 0 Å². The predicted octanol–water partition coefficient (Wildman–Crippen LogP) is 4.21. The van der Waals surface area contributed by atoms with Crippen LogP contribution >= 0.6 is 0 Å². The van der Waals surface area contributed by atoms with Crippen molar-refractivity contribution in [2.75, 3.05) is 7.11 Å².